The average molecular weight is 274 g/mol. The summed E-state index contributed by atoms with van der Waals surface area (Å²) in [7, 11) is 0. The van der Waals surface area contributed by atoms with Gasteiger partial charge in [0, 0.05) is 13.1 Å². The molecule has 0 amide bonds. The Hall–Kier alpha value is -1.85. The van der Waals surface area contributed by atoms with Gasteiger partial charge in [0.25, 0.3) is 0 Å². The summed E-state index contributed by atoms with van der Waals surface area (Å²) in [5.41, 5.74) is 0.782. The molecular formula is C14H22N6. The minimum atomic E-state index is 0.662. The fourth-order valence-electron chi connectivity index (χ4n) is 2.46. The zero-order chi connectivity index (χ0) is 13.8. The second-order valence-corrected chi connectivity index (χ2v) is 5.47. The van der Waals surface area contributed by atoms with Crippen LogP contribution in [0.3, 0.4) is 0 Å². The highest BCUT2D eigenvalue weighted by atomic mass is 15.2. The van der Waals surface area contributed by atoms with Crippen molar-refractivity contribution in [2.24, 2.45) is 5.92 Å². The molecule has 1 aliphatic rings. The maximum atomic E-state index is 4.56. The molecule has 108 valence electrons. The largest absolute Gasteiger partial charge is 0.369 e. The highest BCUT2D eigenvalue weighted by molar-refractivity contribution is 5.86. The van der Waals surface area contributed by atoms with E-state index in [0.29, 0.717) is 5.95 Å². The lowest BCUT2D eigenvalue weighted by molar-refractivity contribution is 0.303. The SMILES string of the molecule is CCCNc1nc(NCCC2CCC2)c2cn[nH]c2n1. The van der Waals surface area contributed by atoms with Crippen LogP contribution in [0.1, 0.15) is 39.0 Å². The number of fused-ring (bicyclic) bond motifs is 1. The summed E-state index contributed by atoms with van der Waals surface area (Å²) in [5.74, 6) is 2.44. The molecule has 0 radical (unpaired) electrons. The Kier molecular flexibility index (Phi) is 3.99. The zero-order valence-corrected chi connectivity index (χ0v) is 11.9. The van der Waals surface area contributed by atoms with Gasteiger partial charge >= 0.3 is 0 Å². The third kappa shape index (κ3) is 2.84. The first kappa shape index (κ1) is 13.1. The molecule has 0 spiro atoms. The molecule has 0 aliphatic heterocycles. The summed E-state index contributed by atoms with van der Waals surface area (Å²) >= 11 is 0. The molecule has 0 atom stereocenters. The van der Waals surface area contributed by atoms with E-state index in [-0.39, 0.29) is 0 Å². The Morgan fingerprint density at radius 1 is 1.25 bits per heavy atom. The van der Waals surface area contributed by atoms with Crippen LogP contribution in [0.4, 0.5) is 11.8 Å². The standard InChI is InChI=1S/C14H22N6/c1-2-7-16-14-18-12(11-9-17-20-13(11)19-14)15-8-6-10-4-3-5-10/h9-10H,2-8H2,1H3,(H3,15,16,17,18,19,20). The normalized spacial score (nSPS) is 15.2. The van der Waals surface area contributed by atoms with E-state index in [9.17, 15) is 0 Å². The Labute approximate surface area is 118 Å². The Balaban J connectivity index is 1.70. The van der Waals surface area contributed by atoms with E-state index in [0.717, 1.165) is 42.3 Å². The molecule has 0 bridgehead atoms. The van der Waals surface area contributed by atoms with Gasteiger partial charge in [-0.05, 0) is 18.8 Å². The lowest BCUT2D eigenvalue weighted by Crippen LogP contribution is -2.16. The van der Waals surface area contributed by atoms with Crippen LogP contribution in [-0.4, -0.2) is 33.3 Å². The van der Waals surface area contributed by atoms with Gasteiger partial charge in [-0.1, -0.05) is 26.2 Å². The predicted octanol–water partition coefficient (Wildman–Crippen LogP) is 2.78. The van der Waals surface area contributed by atoms with Crippen molar-refractivity contribution in [2.45, 2.75) is 39.0 Å². The summed E-state index contributed by atoms with van der Waals surface area (Å²) in [4.78, 5) is 8.98. The number of rotatable bonds is 7. The van der Waals surface area contributed by atoms with Gasteiger partial charge in [-0.15, -0.1) is 0 Å². The number of aromatic nitrogens is 4. The molecule has 6 heteroatoms. The number of anilines is 2. The summed E-state index contributed by atoms with van der Waals surface area (Å²) in [6.45, 7) is 3.97. The van der Waals surface area contributed by atoms with Gasteiger partial charge in [-0.25, -0.2) is 0 Å². The molecule has 1 aliphatic carbocycles. The summed E-state index contributed by atoms with van der Waals surface area (Å²) < 4.78 is 0. The first-order valence-electron chi connectivity index (χ1n) is 7.55. The van der Waals surface area contributed by atoms with Crippen LogP contribution in [0.25, 0.3) is 11.0 Å². The molecule has 3 N–H and O–H groups in total. The zero-order valence-electron chi connectivity index (χ0n) is 11.9. The minimum Gasteiger partial charge on any atom is -0.369 e. The van der Waals surface area contributed by atoms with Crippen LogP contribution in [0.5, 0.6) is 0 Å². The van der Waals surface area contributed by atoms with Crippen molar-refractivity contribution in [3.8, 4) is 0 Å². The maximum absolute atomic E-state index is 4.56. The summed E-state index contributed by atoms with van der Waals surface area (Å²) in [5, 5.41) is 14.6. The molecule has 1 fully saturated rings. The number of hydrogen-bond acceptors (Lipinski definition) is 5. The number of nitrogens with zero attached hydrogens (tertiary/aromatic N) is 3. The van der Waals surface area contributed by atoms with Gasteiger partial charge < -0.3 is 10.6 Å². The topological polar surface area (TPSA) is 78.5 Å². The van der Waals surface area contributed by atoms with Crippen molar-refractivity contribution >= 4 is 22.8 Å². The number of H-pyrrole nitrogens is 1. The molecule has 2 aromatic heterocycles. The fraction of sp³-hybridized carbons (Fsp3) is 0.643. The second-order valence-electron chi connectivity index (χ2n) is 5.47. The summed E-state index contributed by atoms with van der Waals surface area (Å²) in [6, 6.07) is 0. The third-order valence-corrected chi connectivity index (χ3v) is 3.91. The first-order chi connectivity index (χ1) is 9.86. The molecule has 0 unspecified atom stereocenters. The van der Waals surface area contributed by atoms with E-state index >= 15 is 0 Å². The predicted molar refractivity (Wildman–Crippen MR) is 80.9 cm³/mol. The van der Waals surface area contributed by atoms with Gasteiger partial charge in [0.2, 0.25) is 5.95 Å². The van der Waals surface area contributed by atoms with Gasteiger partial charge in [0.05, 0.1) is 11.6 Å². The number of aromatic amines is 1. The van der Waals surface area contributed by atoms with Crippen LogP contribution in [0.2, 0.25) is 0 Å². The molecular weight excluding hydrogens is 252 g/mol. The molecule has 0 aromatic carbocycles. The first-order valence-corrected chi connectivity index (χ1v) is 7.55. The molecule has 6 nitrogen and oxygen atoms in total. The third-order valence-electron chi connectivity index (χ3n) is 3.91. The van der Waals surface area contributed by atoms with Crippen LogP contribution < -0.4 is 10.6 Å². The van der Waals surface area contributed by atoms with Crippen LogP contribution in [0, 0.1) is 5.92 Å². The van der Waals surface area contributed by atoms with E-state index in [2.05, 4.69) is 37.7 Å². The molecule has 2 aromatic rings. The maximum Gasteiger partial charge on any atom is 0.226 e. The summed E-state index contributed by atoms with van der Waals surface area (Å²) in [6.07, 6.45) is 8.22. The number of nitrogens with one attached hydrogen (secondary N) is 3. The highest BCUT2D eigenvalue weighted by Gasteiger charge is 2.17. The van der Waals surface area contributed by atoms with E-state index in [1.807, 2.05) is 0 Å². The van der Waals surface area contributed by atoms with E-state index in [4.69, 9.17) is 0 Å². The lowest BCUT2D eigenvalue weighted by Gasteiger charge is -2.25. The minimum absolute atomic E-state index is 0.662. The van der Waals surface area contributed by atoms with Crippen molar-refractivity contribution in [1.82, 2.24) is 20.2 Å². The van der Waals surface area contributed by atoms with E-state index in [1.54, 1.807) is 6.20 Å². The van der Waals surface area contributed by atoms with Gasteiger partial charge in [-0.3, -0.25) is 5.10 Å². The highest BCUT2D eigenvalue weighted by Crippen LogP contribution is 2.29. The Morgan fingerprint density at radius 2 is 2.15 bits per heavy atom. The van der Waals surface area contributed by atoms with Crippen molar-refractivity contribution in [3.05, 3.63) is 6.20 Å². The lowest BCUT2D eigenvalue weighted by atomic mass is 9.83. The number of hydrogen-bond donors (Lipinski definition) is 3. The van der Waals surface area contributed by atoms with Crippen molar-refractivity contribution in [1.29, 1.82) is 0 Å². The van der Waals surface area contributed by atoms with Gasteiger partial charge in [-0.2, -0.15) is 15.1 Å². The monoisotopic (exact) mass is 274 g/mol. The smallest absolute Gasteiger partial charge is 0.226 e. The average Bonchev–Trinajstić information content (AvgIpc) is 2.87. The molecule has 1 saturated carbocycles. The quantitative estimate of drug-likeness (QED) is 0.723. The molecule has 3 rings (SSSR count). The van der Waals surface area contributed by atoms with Crippen LogP contribution in [0.15, 0.2) is 6.20 Å². The molecule has 0 saturated heterocycles. The van der Waals surface area contributed by atoms with E-state index in [1.165, 1.54) is 25.7 Å². The molecule has 20 heavy (non-hydrogen) atoms. The van der Waals surface area contributed by atoms with Crippen LogP contribution in [-0.2, 0) is 0 Å². The molecule has 2 heterocycles. The van der Waals surface area contributed by atoms with Gasteiger partial charge in [0.1, 0.15) is 5.82 Å². The van der Waals surface area contributed by atoms with Crippen molar-refractivity contribution < 1.29 is 0 Å². The fourth-order valence-corrected chi connectivity index (χ4v) is 2.46. The van der Waals surface area contributed by atoms with Crippen molar-refractivity contribution in [2.75, 3.05) is 23.7 Å². The van der Waals surface area contributed by atoms with Gasteiger partial charge in [0.15, 0.2) is 5.65 Å². The second kappa shape index (κ2) is 6.07. The Morgan fingerprint density at radius 3 is 2.90 bits per heavy atom. The van der Waals surface area contributed by atoms with E-state index < -0.39 is 0 Å². The Bertz CT molecular complexity index is 560. The van der Waals surface area contributed by atoms with Crippen molar-refractivity contribution in [3.63, 3.8) is 0 Å². The van der Waals surface area contributed by atoms with Crippen LogP contribution >= 0.6 is 0 Å².